The van der Waals surface area contributed by atoms with E-state index in [4.69, 9.17) is 16.3 Å². The lowest BCUT2D eigenvalue weighted by Gasteiger charge is -2.20. The molecule has 0 spiro atoms. The summed E-state index contributed by atoms with van der Waals surface area (Å²) in [6, 6.07) is 13.7. The molecule has 138 valence electrons. The molecule has 0 aliphatic heterocycles. The van der Waals surface area contributed by atoms with Gasteiger partial charge in [-0.2, -0.15) is 0 Å². The maximum atomic E-state index is 12.3. The highest BCUT2D eigenvalue weighted by Gasteiger charge is 2.17. The molecular formula is C20H23ClN2O3. The number of carbonyl (C=O) groups is 2. The quantitative estimate of drug-likeness (QED) is 0.821. The lowest BCUT2D eigenvalue weighted by atomic mass is 10.1. The third-order valence-electron chi connectivity index (χ3n) is 3.41. The van der Waals surface area contributed by atoms with E-state index in [2.05, 4.69) is 10.6 Å². The largest absolute Gasteiger partial charge is 0.479 e. The molecule has 2 rings (SSSR count). The van der Waals surface area contributed by atoms with Crippen molar-refractivity contribution in [1.29, 1.82) is 0 Å². The number of ether oxygens (including phenoxy) is 1. The van der Waals surface area contributed by atoms with Gasteiger partial charge < -0.3 is 15.4 Å². The lowest BCUT2D eigenvalue weighted by Crippen LogP contribution is -2.40. The van der Waals surface area contributed by atoms with Crippen LogP contribution in [0.25, 0.3) is 0 Å². The highest BCUT2D eigenvalue weighted by Crippen LogP contribution is 2.24. The minimum absolute atomic E-state index is 0.161. The van der Waals surface area contributed by atoms with Crippen LogP contribution in [0, 0.1) is 0 Å². The van der Waals surface area contributed by atoms with Crippen LogP contribution < -0.4 is 15.4 Å². The number of nitrogens with one attached hydrogen (secondary N) is 2. The van der Waals surface area contributed by atoms with E-state index in [1.54, 1.807) is 55.5 Å². The first-order valence-electron chi connectivity index (χ1n) is 8.30. The Morgan fingerprint density at radius 1 is 1.04 bits per heavy atom. The van der Waals surface area contributed by atoms with Gasteiger partial charge in [0.05, 0.1) is 5.02 Å². The monoisotopic (exact) mass is 374 g/mol. The van der Waals surface area contributed by atoms with Gasteiger partial charge in [0, 0.05) is 16.8 Å². The SMILES string of the molecule is CC(Oc1ccccc1Cl)C(=O)Nc1ccc(C(=O)NC(C)(C)C)cc1. The number of rotatable bonds is 5. The van der Waals surface area contributed by atoms with Crippen LogP contribution in [0.15, 0.2) is 48.5 Å². The fraction of sp³-hybridized carbons (Fsp3) is 0.300. The highest BCUT2D eigenvalue weighted by atomic mass is 35.5. The van der Waals surface area contributed by atoms with Crippen LogP contribution in [0.3, 0.4) is 0 Å². The van der Waals surface area contributed by atoms with E-state index in [0.717, 1.165) is 0 Å². The summed E-state index contributed by atoms with van der Waals surface area (Å²) in [4.78, 5) is 24.4. The van der Waals surface area contributed by atoms with Crippen LogP contribution in [0.1, 0.15) is 38.1 Å². The number of hydrogen-bond acceptors (Lipinski definition) is 3. The van der Waals surface area contributed by atoms with E-state index in [-0.39, 0.29) is 17.4 Å². The summed E-state index contributed by atoms with van der Waals surface area (Å²) in [7, 11) is 0. The molecular weight excluding hydrogens is 352 g/mol. The average Bonchev–Trinajstić information content (AvgIpc) is 2.56. The van der Waals surface area contributed by atoms with Crippen LogP contribution in [-0.2, 0) is 4.79 Å². The van der Waals surface area contributed by atoms with Crippen molar-refractivity contribution in [3.8, 4) is 5.75 Å². The number of benzene rings is 2. The van der Waals surface area contributed by atoms with Crippen molar-refractivity contribution in [2.75, 3.05) is 5.32 Å². The minimum atomic E-state index is -0.723. The fourth-order valence-corrected chi connectivity index (χ4v) is 2.33. The molecule has 0 aromatic heterocycles. The van der Waals surface area contributed by atoms with Gasteiger partial charge in [0.1, 0.15) is 5.75 Å². The molecule has 0 saturated carbocycles. The second kappa shape index (κ2) is 8.23. The molecule has 1 unspecified atom stereocenters. The standard InChI is InChI=1S/C20H23ClN2O3/c1-13(26-17-8-6-5-7-16(17)21)18(24)22-15-11-9-14(10-12-15)19(25)23-20(2,3)4/h5-13H,1-4H3,(H,22,24)(H,23,25). The van der Waals surface area contributed by atoms with Gasteiger partial charge >= 0.3 is 0 Å². The van der Waals surface area contributed by atoms with Crippen LogP contribution >= 0.6 is 11.6 Å². The van der Waals surface area contributed by atoms with Gasteiger partial charge in [-0.3, -0.25) is 9.59 Å². The van der Waals surface area contributed by atoms with Gasteiger partial charge in [-0.15, -0.1) is 0 Å². The predicted molar refractivity (Wildman–Crippen MR) is 104 cm³/mol. The Morgan fingerprint density at radius 2 is 1.65 bits per heavy atom. The smallest absolute Gasteiger partial charge is 0.265 e. The maximum absolute atomic E-state index is 12.3. The molecule has 0 radical (unpaired) electrons. The molecule has 1 atom stereocenters. The fourth-order valence-electron chi connectivity index (χ4n) is 2.15. The van der Waals surface area contributed by atoms with E-state index < -0.39 is 6.10 Å². The highest BCUT2D eigenvalue weighted by molar-refractivity contribution is 6.32. The van der Waals surface area contributed by atoms with Crippen molar-refractivity contribution in [2.45, 2.75) is 39.3 Å². The zero-order chi connectivity index (χ0) is 19.3. The average molecular weight is 375 g/mol. The van der Waals surface area contributed by atoms with Crippen molar-refractivity contribution >= 4 is 29.1 Å². The molecule has 2 aromatic carbocycles. The molecule has 26 heavy (non-hydrogen) atoms. The first kappa shape index (κ1) is 19.8. The Hall–Kier alpha value is -2.53. The van der Waals surface area contributed by atoms with Crippen LogP contribution in [0.4, 0.5) is 5.69 Å². The third kappa shape index (κ3) is 5.77. The molecule has 0 bridgehead atoms. The topological polar surface area (TPSA) is 67.4 Å². The second-order valence-electron chi connectivity index (χ2n) is 6.96. The zero-order valence-corrected chi connectivity index (χ0v) is 16.1. The van der Waals surface area contributed by atoms with E-state index in [0.29, 0.717) is 22.0 Å². The Balaban J connectivity index is 1.96. The van der Waals surface area contributed by atoms with Gasteiger partial charge in [-0.1, -0.05) is 23.7 Å². The van der Waals surface area contributed by atoms with E-state index >= 15 is 0 Å². The van der Waals surface area contributed by atoms with Crippen molar-refractivity contribution in [1.82, 2.24) is 5.32 Å². The molecule has 0 fully saturated rings. The molecule has 0 saturated heterocycles. The summed E-state index contributed by atoms with van der Waals surface area (Å²) in [6.07, 6.45) is -0.723. The molecule has 2 aromatic rings. The van der Waals surface area contributed by atoms with Gasteiger partial charge in [0.15, 0.2) is 6.10 Å². The van der Waals surface area contributed by atoms with Crippen molar-refractivity contribution in [2.24, 2.45) is 0 Å². The Morgan fingerprint density at radius 3 is 2.23 bits per heavy atom. The summed E-state index contributed by atoms with van der Waals surface area (Å²) in [6.45, 7) is 7.39. The number of halogens is 1. The van der Waals surface area contributed by atoms with Crippen molar-refractivity contribution in [3.05, 3.63) is 59.1 Å². The molecule has 6 heteroatoms. The third-order valence-corrected chi connectivity index (χ3v) is 3.73. The number of anilines is 1. The Bertz CT molecular complexity index is 782. The van der Waals surface area contributed by atoms with Gasteiger partial charge in [0.2, 0.25) is 0 Å². The molecule has 2 amide bonds. The van der Waals surface area contributed by atoms with Crippen LogP contribution in [0.2, 0.25) is 5.02 Å². The predicted octanol–water partition coefficient (Wildman–Crippen LogP) is 4.27. The molecule has 5 nitrogen and oxygen atoms in total. The number of carbonyl (C=O) groups excluding carboxylic acids is 2. The van der Waals surface area contributed by atoms with E-state index in [1.807, 2.05) is 20.8 Å². The Labute approximate surface area is 158 Å². The molecule has 0 heterocycles. The lowest BCUT2D eigenvalue weighted by molar-refractivity contribution is -0.122. The minimum Gasteiger partial charge on any atom is -0.479 e. The summed E-state index contributed by atoms with van der Waals surface area (Å²) in [5.41, 5.74) is 0.797. The normalized spacial score (nSPS) is 12.2. The van der Waals surface area contributed by atoms with Crippen molar-refractivity contribution < 1.29 is 14.3 Å². The summed E-state index contributed by atoms with van der Waals surface area (Å²) in [5.74, 6) is -0.0198. The first-order valence-corrected chi connectivity index (χ1v) is 8.68. The molecule has 2 N–H and O–H groups in total. The Kier molecular flexibility index (Phi) is 6.27. The zero-order valence-electron chi connectivity index (χ0n) is 15.3. The van der Waals surface area contributed by atoms with Gasteiger partial charge in [-0.25, -0.2) is 0 Å². The van der Waals surface area contributed by atoms with Gasteiger partial charge in [0.25, 0.3) is 11.8 Å². The second-order valence-corrected chi connectivity index (χ2v) is 7.37. The van der Waals surface area contributed by atoms with E-state index in [9.17, 15) is 9.59 Å². The first-order chi connectivity index (χ1) is 12.2. The van der Waals surface area contributed by atoms with Gasteiger partial charge in [-0.05, 0) is 64.1 Å². The summed E-state index contributed by atoms with van der Waals surface area (Å²) in [5, 5.41) is 6.09. The summed E-state index contributed by atoms with van der Waals surface area (Å²) < 4.78 is 5.59. The molecule has 0 aliphatic rings. The number of amides is 2. The van der Waals surface area contributed by atoms with Crippen LogP contribution in [-0.4, -0.2) is 23.5 Å². The van der Waals surface area contributed by atoms with Crippen LogP contribution in [0.5, 0.6) is 5.75 Å². The summed E-state index contributed by atoms with van der Waals surface area (Å²) >= 11 is 6.03. The van der Waals surface area contributed by atoms with Crippen molar-refractivity contribution in [3.63, 3.8) is 0 Å². The number of para-hydroxylation sites is 1. The van der Waals surface area contributed by atoms with E-state index in [1.165, 1.54) is 0 Å². The molecule has 0 aliphatic carbocycles. The maximum Gasteiger partial charge on any atom is 0.265 e. The number of hydrogen-bond donors (Lipinski definition) is 2.